The number of rotatable bonds is 17. The summed E-state index contributed by atoms with van der Waals surface area (Å²) in [6.45, 7) is 7.81. The second-order valence-corrected chi connectivity index (χ2v) is 10.2. The summed E-state index contributed by atoms with van der Waals surface area (Å²) in [4.78, 5) is 51.0. The zero-order valence-electron chi connectivity index (χ0n) is 22.9. The molecule has 0 aliphatic heterocycles. The van der Waals surface area contributed by atoms with Crippen molar-refractivity contribution in [1.82, 2.24) is 16.0 Å². The topological polar surface area (TPSA) is 197 Å². The number of hydrogen-bond donors (Lipinski definition) is 7. The normalized spacial score (nSPS) is 15.1. The van der Waals surface area contributed by atoms with E-state index in [4.69, 9.17) is 11.5 Å². The van der Waals surface area contributed by atoms with Gasteiger partial charge in [-0.1, -0.05) is 52.7 Å². The zero-order chi connectivity index (χ0) is 28.8. The molecule has 0 fully saturated rings. The van der Waals surface area contributed by atoms with Gasteiger partial charge < -0.3 is 37.6 Å². The van der Waals surface area contributed by atoms with E-state index in [0.29, 0.717) is 31.4 Å². The molecule has 38 heavy (non-hydrogen) atoms. The molecule has 0 spiro atoms. The van der Waals surface area contributed by atoms with Crippen LogP contribution in [0.15, 0.2) is 24.3 Å². The van der Waals surface area contributed by atoms with Crippen LogP contribution < -0.4 is 27.4 Å². The number of unbranched alkanes of at least 4 members (excludes halogenated alkanes) is 1. The largest absolute Gasteiger partial charge is 0.508 e. The van der Waals surface area contributed by atoms with E-state index in [0.717, 1.165) is 6.42 Å². The second kappa shape index (κ2) is 16.6. The second-order valence-electron chi connectivity index (χ2n) is 10.2. The van der Waals surface area contributed by atoms with Crippen LogP contribution in [-0.2, 0) is 25.6 Å². The van der Waals surface area contributed by atoms with Crippen LogP contribution in [0.1, 0.15) is 65.4 Å². The molecule has 1 rings (SSSR count). The van der Waals surface area contributed by atoms with Gasteiger partial charge in [0.2, 0.25) is 17.7 Å². The Hall–Kier alpha value is -3.18. The van der Waals surface area contributed by atoms with E-state index in [1.165, 1.54) is 12.1 Å². The third-order valence-electron chi connectivity index (χ3n) is 6.43. The Balaban J connectivity index is 3.12. The van der Waals surface area contributed by atoms with Gasteiger partial charge in [0, 0.05) is 6.42 Å². The van der Waals surface area contributed by atoms with Crippen LogP contribution in [-0.4, -0.2) is 64.6 Å². The monoisotopic (exact) mass is 535 g/mol. The van der Waals surface area contributed by atoms with Crippen molar-refractivity contribution >= 4 is 23.7 Å². The number of carboxylic acid groups (broad SMARTS) is 1. The molecule has 1 aromatic rings. The fourth-order valence-corrected chi connectivity index (χ4v) is 3.91. The molecular formula is C27H45N5O6. The molecule has 0 saturated carbocycles. The lowest BCUT2D eigenvalue weighted by molar-refractivity contribution is -0.144. The minimum absolute atomic E-state index is 0.0130. The molecule has 0 bridgehead atoms. The molecule has 0 aromatic heterocycles. The Morgan fingerprint density at radius 1 is 0.895 bits per heavy atom. The van der Waals surface area contributed by atoms with Crippen molar-refractivity contribution in [3.8, 4) is 5.75 Å². The molecule has 214 valence electrons. The Labute approximate surface area is 225 Å². The van der Waals surface area contributed by atoms with Gasteiger partial charge in [-0.3, -0.25) is 14.4 Å². The van der Waals surface area contributed by atoms with Crippen LogP contribution in [0.25, 0.3) is 0 Å². The molecule has 1 aromatic carbocycles. The lowest BCUT2D eigenvalue weighted by atomic mass is 9.97. The molecule has 11 heteroatoms. The van der Waals surface area contributed by atoms with Crippen LogP contribution >= 0.6 is 0 Å². The minimum Gasteiger partial charge on any atom is -0.508 e. The number of phenolic OH excluding ortho intramolecular Hbond substituents is 1. The van der Waals surface area contributed by atoms with E-state index in [-0.39, 0.29) is 30.4 Å². The molecule has 9 N–H and O–H groups in total. The fourth-order valence-electron chi connectivity index (χ4n) is 3.91. The summed E-state index contributed by atoms with van der Waals surface area (Å²) in [5.74, 6) is -3.10. The first-order valence-electron chi connectivity index (χ1n) is 13.3. The van der Waals surface area contributed by atoms with Crippen LogP contribution in [0.3, 0.4) is 0 Å². The van der Waals surface area contributed by atoms with Crippen molar-refractivity contribution in [1.29, 1.82) is 0 Å². The molecule has 0 saturated heterocycles. The number of carbonyl (C=O) groups is 4. The number of aliphatic carboxylic acids is 1. The number of carbonyl (C=O) groups excluding carboxylic acids is 3. The predicted molar refractivity (Wildman–Crippen MR) is 145 cm³/mol. The lowest BCUT2D eigenvalue weighted by Gasteiger charge is -2.27. The van der Waals surface area contributed by atoms with Crippen molar-refractivity contribution in [2.24, 2.45) is 23.3 Å². The summed E-state index contributed by atoms with van der Waals surface area (Å²) < 4.78 is 0. The minimum atomic E-state index is -1.15. The fraction of sp³-hybridized carbons (Fsp3) is 0.630. The predicted octanol–water partition coefficient (Wildman–Crippen LogP) is 1.02. The first-order valence-corrected chi connectivity index (χ1v) is 13.3. The molecule has 0 heterocycles. The van der Waals surface area contributed by atoms with Crippen molar-refractivity contribution in [2.75, 3.05) is 6.54 Å². The summed E-state index contributed by atoms with van der Waals surface area (Å²) in [6.07, 6.45) is 2.69. The number of nitrogens with one attached hydrogen (secondary N) is 3. The molecule has 5 unspecified atom stereocenters. The quantitative estimate of drug-likeness (QED) is 0.143. The van der Waals surface area contributed by atoms with Crippen molar-refractivity contribution in [2.45, 2.75) is 90.4 Å². The molecule has 11 nitrogen and oxygen atoms in total. The highest BCUT2D eigenvalue weighted by Gasteiger charge is 2.32. The van der Waals surface area contributed by atoms with Gasteiger partial charge in [-0.2, -0.15) is 0 Å². The average molecular weight is 536 g/mol. The van der Waals surface area contributed by atoms with Gasteiger partial charge >= 0.3 is 5.97 Å². The highest BCUT2D eigenvalue weighted by Crippen LogP contribution is 2.14. The van der Waals surface area contributed by atoms with E-state index in [1.807, 2.05) is 20.8 Å². The number of benzene rings is 1. The third kappa shape index (κ3) is 11.5. The first kappa shape index (κ1) is 32.8. The highest BCUT2D eigenvalue weighted by molar-refractivity contribution is 5.94. The lowest BCUT2D eigenvalue weighted by Crippen LogP contribution is -2.58. The molecular weight excluding hydrogens is 490 g/mol. The third-order valence-corrected chi connectivity index (χ3v) is 6.43. The summed E-state index contributed by atoms with van der Waals surface area (Å²) in [7, 11) is 0. The summed E-state index contributed by atoms with van der Waals surface area (Å²) in [5, 5.41) is 27.1. The standard InChI is InChI=1S/C27H45N5O6/c1-5-17(4)23(27(37)38)32-26(36)21(14-16(2)3)31-25(35)22(15-18-9-11-19(33)12-10-18)30-24(34)20(29)8-6-7-13-28/h9-12,16-17,20-23,33H,5-8,13-15,28-29H2,1-4H3,(H,30,34)(H,31,35)(H,32,36)(H,37,38). The van der Waals surface area contributed by atoms with E-state index < -0.39 is 47.9 Å². The zero-order valence-corrected chi connectivity index (χ0v) is 22.9. The maximum absolute atomic E-state index is 13.4. The molecule has 0 aliphatic rings. The number of carboxylic acids is 1. The van der Waals surface area contributed by atoms with Crippen LogP contribution in [0.5, 0.6) is 5.75 Å². The maximum atomic E-state index is 13.4. The Bertz CT molecular complexity index is 908. The molecule has 0 aliphatic carbocycles. The Morgan fingerprint density at radius 3 is 2.00 bits per heavy atom. The number of phenols is 1. The Morgan fingerprint density at radius 2 is 1.47 bits per heavy atom. The molecule has 0 radical (unpaired) electrons. The maximum Gasteiger partial charge on any atom is 0.326 e. The van der Waals surface area contributed by atoms with Gasteiger partial charge in [0.15, 0.2) is 0 Å². The van der Waals surface area contributed by atoms with Crippen molar-refractivity contribution < 1.29 is 29.4 Å². The van der Waals surface area contributed by atoms with Gasteiger partial charge in [0.05, 0.1) is 6.04 Å². The molecule has 3 amide bonds. The van der Waals surface area contributed by atoms with Crippen LogP contribution in [0.2, 0.25) is 0 Å². The summed E-state index contributed by atoms with van der Waals surface area (Å²) in [6, 6.07) is 2.21. The van der Waals surface area contributed by atoms with E-state index in [2.05, 4.69) is 16.0 Å². The number of hydrogen-bond acceptors (Lipinski definition) is 7. The van der Waals surface area contributed by atoms with Gasteiger partial charge in [0.1, 0.15) is 23.9 Å². The SMILES string of the molecule is CCC(C)C(NC(=O)C(CC(C)C)NC(=O)C(Cc1ccc(O)cc1)NC(=O)C(N)CCCCN)C(=O)O. The van der Waals surface area contributed by atoms with E-state index >= 15 is 0 Å². The average Bonchev–Trinajstić information content (AvgIpc) is 2.86. The number of nitrogens with two attached hydrogens (primary N) is 2. The summed E-state index contributed by atoms with van der Waals surface area (Å²) in [5.41, 5.74) is 12.2. The van der Waals surface area contributed by atoms with Gasteiger partial charge in [0.25, 0.3) is 0 Å². The van der Waals surface area contributed by atoms with Crippen molar-refractivity contribution in [3.05, 3.63) is 29.8 Å². The van der Waals surface area contributed by atoms with Gasteiger partial charge in [-0.15, -0.1) is 0 Å². The van der Waals surface area contributed by atoms with Gasteiger partial charge in [-0.25, -0.2) is 4.79 Å². The highest BCUT2D eigenvalue weighted by atomic mass is 16.4. The van der Waals surface area contributed by atoms with E-state index in [1.54, 1.807) is 19.1 Å². The number of amides is 3. The first-order chi connectivity index (χ1) is 17.9. The smallest absolute Gasteiger partial charge is 0.326 e. The number of aromatic hydroxyl groups is 1. The van der Waals surface area contributed by atoms with Crippen LogP contribution in [0.4, 0.5) is 0 Å². The molecule has 5 atom stereocenters. The Kier molecular flexibility index (Phi) is 14.4. The van der Waals surface area contributed by atoms with Crippen LogP contribution in [0, 0.1) is 11.8 Å². The summed E-state index contributed by atoms with van der Waals surface area (Å²) >= 11 is 0. The van der Waals surface area contributed by atoms with Gasteiger partial charge in [-0.05, 0) is 55.3 Å². The van der Waals surface area contributed by atoms with E-state index in [9.17, 15) is 29.4 Å². The van der Waals surface area contributed by atoms with Crippen molar-refractivity contribution in [3.63, 3.8) is 0 Å².